The summed E-state index contributed by atoms with van der Waals surface area (Å²) in [5.74, 6) is 1.02. The molecule has 0 aromatic carbocycles. The summed E-state index contributed by atoms with van der Waals surface area (Å²) >= 11 is 0. The fraction of sp³-hybridized carbons (Fsp3) is 1.00. The van der Waals surface area contributed by atoms with E-state index in [-0.39, 0.29) is 0 Å². The molecule has 0 amide bonds. The Morgan fingerprint density at radius 1 is 1.07 bits per heavy atom. The summed E-state index contributed by atoms with van der Waals surface area (Å²) in [6.45, 7) is 2.26. The standard InChI is InChI=1S/C14H29N/c1-2-3-4-5-10-14(15)12-11-13-8-6-7-9-13/h13-14H,2-12,15H2,1H3. The van der Waals surface area contributed by atoms with Crippen LogP contribution in [0, 0.1) is 5.92 Å². The molecule has 0 radical (unpaired) electrons. The highest BCUT2D eigenvalue weighted by Gasteiger charge is 2.15. The smallest absolute Gasteiger partial charge is 0.00389 e. The molecule has 0 aromatic rings. The van der Waals surface area contributed by atoms with Crippen molar-refractivity contribution in [3.05, 3.63) is 0 Å². The SMILES string of the molecule is CCCCCCC(N)CCC1CCCC1. The van der Waals surface area contributed by atoms with Crippen molar-refractivity contribution in [1.82, 2.24) is 0 Å². The third kappa shape index (κ3) is 6.19. The van der Waals surface area contributed by atoms with E-state index in [4.69, 9.17) is 5.73 Å². The van der Waals surface area contributed by atoms with Crippen LogP contribution in [0.4, 0.5) is 0 Å². The average molecular weight is 211 g/mol. The summed E-state index contributed by atoms with van der Waals surface area (Å²) in [5, 5.41) is 0. The lowest BCUT2D eigenvalue weighted by molar-refractivity contribution is 0.428. The Bertz CT molecular complexity index is 138. The molecular weight excluding hydrogens is 182 g/mol. The van der Waals surface area contributed by atoms with Gasteiger partial charge in [-0.15, -0.1) is 0 Å². The van der Waals surface area contributed by atoms with Crippen LogP contribution in [0.1, 0.15) is 77.6 Å². The highest BCUT2D eigenvalue weighted by Crippen LogP contribution is 2.29. The van der Waals surface area contributed by atoms with Crippen LogP contribution in [0.2, 0.25) is 0 Å². The van der Waals surface area contributed by atoms with E-state index in [0.29, 0.717) is 6.04 Å². The van der Waals surface area contributed by atoms with Gasteiger partial charge in [-0.1, -0.05) is 58.3 Å². The van der Waals surface area contributed by atoms with Gasteiger partial charge in [0.15, 0.2) is 0 Å². The lowest BCUT2D eigenvalue weighted by Gasteiger charge is -2.14. The van der Waals surface area contributed by atoms with E-state index in [2.05, 4.69) is 6.92 Å². The van der Waals surface area contributed by atoms with Gasteiger partial charge in [-0.2, -0.15) is 0 Å². The number of hydrogen-bond donors (Lipinski definition) is 1. The van der Waals surface area contributed by atoms with Gasteiger partial charge in [-0.25, -0.2) is 0 Å². The molecule has 1 nitrogen and oxygen atoms in total. The van der Waals surface area contributed by atoms with Gasteiger partial charge in [0.1, 0.15) is 0 Å². The molecular formula is C14H29N. The van der Waals surface area contributed by atoms with Crippen molar-refractivity contribution in [1.29, 1.82) is 0 Å². The van der Waals surface area contributed by atoms with Crippen molar-refractivity contribution in [2.75, 3.05) is 0 Å². The highest BCUT2D eigenvalue weighted by atomic mass is 14.6. The van der Waals surface area contributed by atoms with Gasteiger partial charge in [0.05, 0.1) is 0 Å². The van der Waals surface area contributed by atoms with E-state index in [1.54, 1.807) is 0 Å². The van der Waals surface area contributed by atoms with Gasteiger partial charge < -0.3 is 5.73 Å². The molecule has 1 heteroatoms. The maximum absolute atomic E-state index is 6.13. The molecule has 1 atom stereocenters. The minimum atomic E-state index is 0.488. The summed E-state index contributed by atoms with van der Waals surface area (Å²) in [6, 6.07) is 0.488. The fourth-order valence-corrected chi connectivity index (χ4v) is 2.73. The topological polar surface area (TPSA) is 26.0 Å². The van der Waals surface area contributed by atoms with Gasteiger partial charge in [0, 0.05) is 6.04 Å². The van der Waals surface area contributed by atoms with E-state index < -0.39 is 0 Å². The normalized spacial score (nSPS) is 19.6. The Morgan fingerprint density at radius 2 is 1.80 bits per heavy atom. The van der Waals surface area contributed by atoms with Crippen LogP contribution in [0.3, 0.4) is 0 Å². The van der Waals surface area contributed by atoms with Crippen molar-refractivity contribution in [2.45, 2.75) is 83.6 Å². The molecule has 0 spiro atoms. The quantitative estimate of drug-likeness (QED) is 0.597. The van der Waals surface area contributed by atoms with Crippen LogP contribution < -0.4 is 5.73 Å². The van der Waals surface area contributed by atoms with Crippen molar-refractivity contribution in [3.63, 3.8) is 0 Å². The second-order valence-electron chi connectivity index (χ2n) is 5.34. The van der Waals surface area contributed by atoms with Crippen LogP contribution in [0.15, 0.2) is 0 Å². The monoisotopic (exact) mass is 211 g/mol. The lowest BCUT2D eigenvalue weighted by atomic mass is 9.96. The summed E-state index contributed by atoms with van der Waals surface area (Å²) in [7, 11) is 0. The van der Waals surface area contributed by atoms with Crippen LogP contribution in [0.25, 0.3) is 0 Å². The molecule has 0 aliphatic heterocycles. The third-order valence-corrected chi connectivity index (χ3v) is 3.85. The zero-order chi connectivity index (χ0) is 10.9. The predicted octanol–water partition coefficient (Wildman–Crippen LogP) is 4.25. The highest BCUT2D eigenvalue weighted by molar-refractivity contribution is 4.70. The number of nitrogens with two attached hydrogens (primary N) is 1. The first kappa shape index (κ1) is 13.0. The van der Waals surface area contributed by atoms with E-state index in [9.17, 15) is 0 Å². The van der Waals surface area contributed by atoms with Crippen molar-refractivity contribution >= 4 is 0 Å². The molecule has 1 fully saturated rings. The Labute approximate surface area is 95.8 Å². The van der Waals surface area contributed by atoms with Gasteiger partial charge >= 0.3 is 0 Å². The van der Waals surface area contributed by atoms with Crippen molar-refractivity contribution < 1.29 is 0 Å². The summed E-state index contributed by atoms with van der Waals surface area (Å²) < 4.78 is 0. The minimum absolute atomic E-state index is 0.488. The Morgan fingerprint density at radius 3 is 2.47 bits per heavy atom. The molecule has 2 N–H and O–H groups in total. The Kier molecular flexibility index (Phi) is 7.08. The first-order valence-electron chi connectivity index (χ1n) is 7.08. The molecule has 1 unspecified atom stereocenters. The van der Waals surface area contributed by atoms with E-state index >= 15 is 0 Å². The number of hydrogen-bond acceptors (Lipinski definition) is 1. The maximum atomic E-state index is 6.13. The van der Waals surface area contributed by atoms with E-state index in [0.717, 1.165) is 5.92 Å². The Balaban J connectivity index is 1.90. The average Bonchev–Trinajstić information content (AvgIpc) is 2.74. The zero-order valence-corrected chi connectivity index (χ0v) is 10.5. The molecule has 0 bridgehead atoms. The maximum Gasteiger partial charge on any atom is 0.00389 e. The second kappa shape index (κ2) is 8.15. The summed E-state index contributed by atoms with van der Waals surface area (Å²) in [4.78, 5) is 0. The fourth-order valence-electron chi connectivity index (χ4n) is 2.73. The molecule has 1 rings (SSSR count). The Hall–Kier alpha value is -0.0400. The van der Waals surface area contributed by atoms with Crippen LogP contribution in [-0.2, 0) is 0 Å². The summed E-state index contributed by atoms with van der Waals surface area (Å²) in [5.41, 5.74) is 6.13. The van der Waals surface area contributed by atoms with Gasteiger partial charge in [0.2, 0.25) is 0 Å². The largest absolute Gasteiger partial charge is 0.328 e. The molecule has 15 heavy (non-hydrogen) atoms. The van der Waals surface area contributed by atoms with Gasteiger partial charge in [0.25, 0.3) is 0 Å². The second-order valence-corrected chi connectivity index (χ2v) is 5.34. The molecule has 90 valence electrons. The predicted molar refractivity (Wildman–Crippen MR) is 67.9 cm³/mol. The number of rotatable bonds is 8. The molecule has 0 aromatic heterocycles. The molecule has 1 aliphatic carbocycles. The van der Waals surface area contributed by atoms with Crippen LogP contribution >= 0.6 is 0 Å². The molecule has 1 saturated carbocycles. The van der Waals surface area contributed by atoms with Crippen LogP contribution in [0.5, 0.6) is 0 Å². The van der Waals surface area contributed by atoms with Crippen LogP contribution in [-0.4, -0.2) is 6.04 Å². The van der Waals surface area contributed by atoms with E-state index in [1.807, 2.05) is 0 Å². The summed E-state index contributed by atoms with van der Waals surface area (Å²) in [6.07, 6.45) is 15.3. The first-order valence-corrected chi connectivity index (χ1v) is 7.08. The third-order valence-electron chi connectivity index (χ3n) is 3.85. The lowest BCUT2D eigenvalue weighted by Crippen LogP contribution is -2.20. The zero-order valence-electron chi connectivity index (χ0n) is 10.5. The first-order chi connectivity index (χ1) is 7.33. The molecule has 0 saturated heterocycles. The minimum Gasteiger partial charge on any atom is -0.328 e. The van der Waals surface area contributed by atoms with Gasteiger partial charge in [-0.3, -0.25) is 0 Å². The van der Waals surface area contributed by atoms with Crippen molar-refractivity contribution in [2.24, 2.45) is 11.7 Å². The van der Waals surface area contributed by atoms with Crippen molar-refractivity contribution in [3.8, 4) is 0 Å². The van der Waals surface area contributed by atoms with Gasteiger partial charge in [-0.05, 0) is 25.2 Å². The molecule has 0 heterocycles. The molecule has 1 aliphatic rings. The number of unbranched alkanes of at least 4 members (excludes halogenated alkanes) is 3. The van der Waals surface area contributed by atoms with E-state index in [1.165, 1.54) is 70.6 Å².